The molecule has 0 saturated carbocycles. The minimum absolute atomic E-state index is 0.0673. The number of hydrazone groups is 1. The Kier molecular flexibility index (Phi) is 9.56. The largest absolute Gasteiger partial charge is 0.322 e. The van der Waals surface area contributed by atoms with Crippen molar-refractivity contribution in [2.24, 2.45) is 5.10 Å². The highest BCUT2D eigenvalue weighted by molar-refractivity contribution is 14.1. The number of carbonyl (C=O) groups is 2. The van der Waals surface area contributed by atoms with E-state index in [1.165, 1.54) is 12.1 Å². The van der Waals surface area contributed by atoms with E-state index in [9.17, 15) is 18.0 Å². The summed E-state index contributed by atoms with van der Waals surface area (Å²) in [6, 6.07) is 28.3. The van der Waals surface area contributed by atoms with Crippen molar-refractivity contribution in [2.75, 3.05) is 16.2 Å². The van der Waals surface area contributed by atoms with Crippen molar-refractivity contribution in [1.82, 2.24) is 5.43 Å². The lowest BCUT2D eigenvalue weighted by Gasteiger charge is -2.23. The van der Waals surface area contributed by atoms with Gasteiger partial charge in [0.1, 0.15) is 6.54 Å². The van der Waals surface area contributed by atoms with E-state index in [0.29, 0.717) is 33.2 Å². The van der Waals surface area contributed by atoms with Gasteiger partial charge >= 0.3 is 0 Å². The molecule has 4 aromatic rings. The van der Waals surface area contributed by atoms with Crippen LogP contribution < -0.4 is 15.0 Å². The van der Waals surface area contributed by atoms with Gasteiger partial charge in [-0.25, -0.2) is 13.8 Å². The molecule has 4 rings (SSSR count). The van der Waals surface area contributed by atoms with Gasteiger partial charge in [-0.05, 0) is 102 Å². The normalized spacial score (nSPS) is 11.5. The lowest BCUT2D eigenvalue weighted by atomic mass is 10.1. The zero-order valence-electron chi connectivity index (χ0n) is 21.2. The van der Waals surface area contributed by atoms with Crippen molar-refractivity contribution < 1.29 is 18.0 Å². The fraction of sp³-hybridized carbons (Fsp3) is 0.0690. The highest BCUT2D eigenvalue weighted by atomic mass is 127. The Morgan fingerprint density at radius 1 is 0.875 bits per heavy atom. The summed E-state index contributed by atoms with van der Waals surface area (Å²) in [5.74, 6) is -0.944. The van der Waals surface area contributed by atoms with Crippen molar-refractivity contribution >= 4 is 73.1 Å². The standard InChI is InChI=1S/C29H24ClIN4O4S/c1-20(21-7-6-10-25(18-21)32-29(37)22-8-5-9-23(30)17-22)33-34-28(36)19-35(26-15-13-24(31)14-16-26)40(38,39)27-11-3-2-4-12-27/h2-18H,19H2,1H3,(H,32,37)(H,34,36)/b33-20-. The van der Waals surface area contributed by atoms with Crippen LogP contribution in [0.1, 0.15) is 22.8 Å². The number of anilines is 2. The molecule has 0 atom stereocenters. The van der Waals surface area contributed by atoms with Gasteiger partial charge in [-0.2, -0.15) is 5.10 Å². The average molecular weight is 687 g/mol. The van der Waals surface area contributed by atoms with Crippen molar-refractivity contribution in [3.05, 3.63) is 123 Å². The van der Waals surface area contributed by atoms with E-state index >= 15 is 0 Å². The summed E-state index contributed by atoms with van der Waals surface area (Å²) in [5, 5.41) is 7.43. The SMILES string of the molecule is C/C(=N/NC(=O)CN(c1ccc(I)cc1)S(=O)(=O)c1ccccc1)c1cccc(NC(=O)c2cccc(Cl)c2)c1. The molecule has 40 heavy (non-hydrogen) atoms. The van der Waals surface area contributed by atoms with Gasteiger partial charge in [-0.1, -0.05) is 48.0 Å². The van der Waals surface area contributed by atoms with E-state index in [0.717, 1.165) is 7.88 Å². The first-order valence-corrected chi connectivity index (χ1v) is 14.9. The molecule has 4 aromatic carbocycles. The summed E-state index contributed by atoms with van der Waals surface area (Å²) in [4.78, 5) is 25.6. The number of nitrogens with zero attached hydrogens (tertiary/aromatic N) is 2. The van der Waals surface area contributed by atoms with Gasteiger partial charge in [0.2, 0.25) is 0 Å². The second-order valence-electron chi connectivity index (χ2n) is 8.58. The van der Waals surface area contributed by atoms with Crippen LogP contribution in [0.15, 0.2) is 113 Å². The lowest BCUT2D eigenvalue weighted by Crippen LogP contribution is -2.39. The predicted molar refractivity (Wildman–Crippen MR) is 166 cm³/mol. The highest BCUT2D eigenvalue weighted by Crippen LogP contribution is 2.24. The molecule has 0 aromatic heterocycles. The molecule has 0 bridgehead atoms. The minimum atomic E-state index is -4.02. The molecule has 2 amide bonds. The molecule has 0 aliphatic rings. The number of rotatable bonds is 9. The van der Waals surface area contributed by atoms with Gasteiger partial charge < -0.3 is 5.32 Å². The first kappa shape index (κ1) is 29.2. The van der Waals surface area contributed by atoms with Crippen LogP contribution in [0.3, 0.4) is 0 Å². The summed E-state index contributed by atoms with van der Waals surface area (Å²) in [6.07, 6.45) is 0. The molecule has 0 saturated heterocycles. The number of amides is 2. The number of sulfonamides is 1. The highest BCUT2D eigenvalue weighted by Gasteiger charge is 2.27. The molecular weight excluding hydrogens is 663 g/mol. The van der Waals surface area contributed by atoms with E-state index in [-0.39, 0.29) is 10.8 Å². The van der Waals surface area contributed by atoms with Gasteiger partial charge in [-0.15, -0.1) is 0 Å². The number of hydrogen-bond acceptors (Lipinski definition) is 5. The number of hydrogen-bond donors (Lipinski definition) is 2. The zero-order valence-corrected chi connectivity index (χ0v) is 24.9. The Hall–Kier alpha value is -3.74. The van der Waals surface area contributed by atoms with Crippen LogP contribution in [0.25, 0.3) is 0 Å². The smallest absolute Gasteiger partial charge is 0.264 e. The van der Waals surface area contributed by atoms with Crippen LogP contribution in [0.5, 0.6) is 0 Å². The summed E-state index contributed by atoms with van der Waals surface area (Å²) in [7, 11) is -4.02. The molecule has 0 unspecified atom stereocenters. The van der Waals surface area contributed by atoms with E-state index in [1.54, 1.807) is 97.9 Å². The zero-order chi connectivity index (χ0) is 28.7. The Balaban J connectivity index is 1.49. The molecule has 0 radical (unpaired) electrons. The molecule has 8 nitrogen and oxygen atoms in total. The van der Waals surface area contributed by atoms with Crippen LogP contribution in [0.4, 0.5) is 11.4 Å². The summed E-state index contributed by atoms with van der Waals surface area (Å²) in [6.45, 7) is 1.21. The average Bonchev–Trinajstić information content (AvgIpc) is 2.95. The predicted octanol–water partition coefficient (Wildman–Crippen LogP) is 5.93. The van der Waals surface area contributed by atoms with Crippen molar-refractivity contribution in [3.63, 3.8) is 0 Å². The third-order valence-electron chi connectivity index (χ3n) is 5.71. The van der Waals surface area contributed by atoms with Gasteiger partial charge in [0.05, 0.1) is 16.3 Å². The molecule has 11 heteroatoms. The van der Waals surface area contributed by atoms with E-state index in [1.807, 2.05) is 0 Å². The van der Waals surface area contributed by atoms with Gasteiger partial charge in [0.25, 0.3) is 21.8 Å². The molecule has 0 aliphatic carbocycles. The maximum Gasteiger partial charge on any atom is 0.264 e. The third-order valence-corrected chi connectivity index (χ3v) is 8.45. The quantitative estimate of drug-likeness (QED) is 0.129. The van der Waals surface area contributed by atoms with E-state index in [2.05, 4.69) is 38.4 Å². The van der Waals surface area contributed by atoms with Gasteiger partial charge in [-0.3, -0.25) is 13.9 Å². The van der Waals surface area contributed by atoms with Crippen LogP contribution in [0, 0.1) is 3.57 Å². The monoisotopic (exact) mass is 686 g/mol. The number of halogens is 2. The first-order chi connectivity index (χ1) is 19.1. The topological polar surface area (TPSA) is 108 Å². The number of benzene rings is 4. The minimum Gasteiger partial charge on any atom is -0.322 e. The van der Waals surface area contributed by atoms with Crippen LogP contribution in [-0.2, 0) is 14.8 Å². The summed E-state index contributed by atoms with van der Waals surface area (Å²) in [5.41, 5.74) is 4.85. The molecule has 0 fully saturated rings. The maximum atomic E-state index is 13.4. The maximum absolute atomic E-state index is 13.4. The van der Waals surface area contributed by atoms with Crippen LogP contribution >= 0.6 is 34.2 Å². The van der Waals surface area contributed by atoms with Crippen LogP contribution in [-0.4, -0.2) is 32.5 Å². The van der Waals surface area contributed by atoms with Crippen molar-refractivity contribution in [3.8, 4) is 0 Å². The van der Waals surface area contributed by atoms with Crippen molar-refractivity contribution in [2.45, 2.75) is 11.8 Å². The molecule has 2 N–H and O–H groups in total. The molecule has 0 heterocycles. The van der Waals surface area contributed by atoms with Crippen LogP contribution in [0.2, 0.25) is 5.02 Å². The Morgan fingerprint density at radius 2 is 1.55 bits per heavy atom. The Morgan fingerprint density at radius 3 is 2.25 bits per heavy atom. The fourth-order valence-electron chi connectivity index (χ4n) is 3.67. The molecule has 204 valence electrons. The van der Waals surface area contributed by atoms with Gasteiger partial charge in [0.15, 0.2) is 0 Å². The summed E-state index contributed by atoms with van der Waals surface area (Å²) >= 11 is 8.10. The summed E-state index contributed by atoms with van der Waals surface area (Å²) < 4.78 is 28.8. The lowest BCUT2D eigenvalue weighted by molar-refractivity contribution is -0.119. The Bertz CT molecular complexity index is 1660. The first-order valence-electron chi connectivity index (χ1n) is 12.0. The molecule has 0 aliphatic heterocycles. The number of nitrogens with one attached hydrogen (secondary N) is 2. The third kappa shape index (κ3) is 7.46. The molecular formula is C29H24ClIN4O4S. The number of carbonyl (C=O) groups excluding carboxylic acids is 2. The second-order valence-corrected chi connectivity index (χ2v) is 12.1. The van der Waals surface area contributed by atoms with Crippen molar-refractivity contribution in [1.29, 1.82) is 0 Å². The van der Waals surface area contributed by atoms with E-state index in [4.69, 9.17) is 11.6 Å². The fourth-order valence-corrected chi connectivity index (χ4v) is 5.67. The van der Waals surface area contributed by atoms with E-state index < -0.39 is 22.5 Å². The van der Waals surface area contributed by atoms with Gasteiger partial charge in [0, 0.05) is 19.8 Å². The second kappa shape index (κ2) is 13.1. The molecule has 0 spiro atoms. The Labute approximate surface area is 251 Å².